The second-order valence-electron chi connectivity index (χ2n) is 3.18. The van der Waals surface area contributed by atoms with E-state index in [4.69, 9.17) is 11.6 Å². The third-order valence-corrected chi connectivity index (χ3v) is 2.32. The molecule has 0 bridgehead atoms. The number of hydrogen-bond acceptors (Lipinski definition) is 3. The fourth-order valence-corrected chi connectivity index (χ4v) is 1.40. The molecule has 0 aliphatic rings. The summed E-state index contributed by atoms with van der Waals surface area (Å²) in [7, 11) is 0. The fourth-order valence-electron chi connectivity index (χ4n) is 1.20. The molecular formula is C11H9ClN4O. The number of aromatic amines is 1. The van der Waals surface area contributed by atoms with Crippen LogP contribution in [-0.4, -0.2) is 21.1 Å². The Morgan fingerprint density at radius 1 is 1.41 bits per heavy atom. The molecule has 0 saturated carbocycles. The first-order chi connectivity index (χ1) is 8.25. The predicted octanol–water partition coefficient (Wildman–Crippen LogP) is 2.11. The summed E-state index contributed by atoms with van der Waals surface area (Å²) in [5, 5.41) is 9.24. The van der Waals surface area contributed by atoms with E-state index in [-0.39, 0.29) is 5.91 Å². The minimum absolute atomic E-state index is 0.304. The molecule has 0 aliphatic heterocycles. The Morgan fingerprint density at radius 3 is 2.94 bits per heavy atom. The molecule has 1 heterocycles. The third kappa shape index (κ3) is 3.15. The smallest absolute Gasteiger partial charge is 0.250 e. The highest BCUT2D eigenvalue weighted by atomic mass is 35.5. The van der Waals surface area contributed by atoms with Crippen LogP contribution in [0.25, 0.3) is 6.08 Å². The standard InChI is InChI=1S/C11H9ClN4O/c12-9-4-2-1-3-8(9)5-6-10(17)15-11-13-7-14-16-11/h1-7H,(H2,13,14,15,16,17). The van der Waals surface area contributed by atoms with E-state index >= 15 is 0 Å². The Morgan fingerprint density at radius 2 is 2.24 bits per heavy atom. The van der Waals surface area contributed by atoms with Crippen molar-refractivity contribution >= 4 is 29.5 Å². The second kappa shape index (κ2) is 5.27. The van der Waals surface area contributed by atoms with Crippen LogP contribution < -0.4 is 5.32 Å². The van der Waals surface area contributed by atoms with Gasteiger partial charge in [0.1, 0.15) is 6.33 Å². The minimum Gasteiger partial charge on any atom is -0.291 e. The first kappa shape index (κ1) is 11.3. The van der Waals surface area contributed by atoms with Gasteiger partial charge in [-0.15, -0.1) is 0 Å². The Balaban J connectivity index is 2.01. The Bertz CT molecular complexity index is 536. The van der Waals surface area contributed by atoms with Crippen molar-refractivity contribution in [2.75, 3.05) is 5.32 Å². The SMILES string of the molecule is O=C(C=Cc1ccccc1Cl)Nc1ncn[nH]1. The summed E-state index contributed by atoms with van der Waals surface area (Å²) in [6, 6.07) is 7.25. The molecule has 0 atom stereocenters. The summed E-state index contributed by atoms with van der Waals surface area (Å²) in [6.45, 7) is 0. The van der Waals surface area contributed by atoms with Gasteiger partial charge in [-0.1, -0.05) is 29.8 Å². The zero-order valence-corrected chi connectivity index (χ0v) is 9.48. The van der Waals surface area contributed by atoms with Gasteiger partial charge < -0.3 is 0 Å². The van der Waals surface area contributed by atoms with E-state index in [1.165, 1.54) is 12.4 Å². The number of aromatic nitrogens is 3. The molecule has 0 spiro atoms. The highest BCUT2D eigenvalue weighted by Crippen LogP contribution is 2.16. The number of H-pyrrole nitrogens is 1. The average molecular weight is 249 g/mol. The highest BCUT2D eigenvalue weighted by Gasteiger charge is 2.00. The molecule has 86 valence electrons. The minimum atomic E-state index is -0.304. The van der Waals surface area contributed by atoms with Crippen LogP contribution in [0.5, 0.6) is 0 Å². The van der Waals surface area contributed by atoms with E-state index in [1.807, 2.05) is 18.2 Å². The van der Waals surface area contributed by atoms with Gasteiger partial charge in [0.25, 0.3) is 5.91 Å². The predicted molar refractivity (Wildman–Crippen MR) is 65.5 cm³/mol. The first-order valence-corrected chi connectivity index (χ1v) is 5.22. The molecular weight excluding hydrogens is 240 g/mol. The maximum absolute atomic E-state index is 11.5. The van der Waals surface area contributed by atoms with E-state index in [9.17, 15) is 4.79 Å². The molecule has 0 fully saturated rings. The Kier molecular flexibility index (Phi) is 3.52. The Labute approximate surface area is 103 Å². The lowest BCUT2D eigenvalue weighted by atomic mass is 10.2. The molecule has 0 saturated heterocycles. The van der Waals surface area contributed by atoms with Gasteiger partial charge in [0.2, 0.25) is 5.95 Å². The number of amides is 1. The topological polar surface area (TPSA) is 70.7 Å². The maximum Gasteiger partial charge on any atom is 0.250 e. The van der Waals surface area contributed by atoms with Gasteiger partial charge in [-0.05, 0) is 17.7 Å². The van der Waals surface area contributed by atoms with Crippen molar-refractivity contribution in [1.82, 2.24) is 15.2 Å². The molecule has 1 aromatic carbocycles. The van der Waals surface area contributed by atoms with Crippen LogP contribution in [0.15, 0.2) is 36.7 Å². The number of nitrogens with one attached hydrogen (secondary N) is 2. The van der Waals surface area contributed by atoms with Gasteiger partial charge in [0, 0.05) is 11.1 Å². The second-order valence-corrected chi connectivity index (χ2v) is 3.59. The summed E-state index contributed by atoms with van der Waals surface area (Å²) in [5.74, 6) is 0.000443. The molecule has 1 amide bonds. The normalized spacial score (nSPS) is 10.6. The molecule has 5 nitrogen and oxygen atoms in total. The van der Waals surface area contributed by atoms with Crippen LogP contribution in [0.1, 0.15) is 5.56 Å². The molecule has 0 unspecified atom stereocenters. The lowest BCUT2D eigenvalue weighted by Crippen LogP contribution is -2.08. The first-order valence-electron chi connectivity index (χ1n) is 4.84. The molecule has 6 heteroatoms. The lowest BCUT2D eigenvalue weighted by molar-refractivity contribution is -0.111. The number of nitrogens with zero attached hydrogens (tertiary/aromatic N) is 2. The largest absolute Gasteiger partial charge is 0.291 e. The van der Waals surface area contributed by atoms with Gasteiger partial charge >= 0.3 is 0 Å². The number of halogens is 1. The van der Waals surface area contributed by atoms with Crippen molar-refractivity contribution in [2.45, 2.75) is 0 Å². The van der Waals surface area contributed by atoms with Crippen molar-refractivity contribution in [3.63, 3.8) is 0 Å². The van der Waals surface area contributed by atoms with E-state index in [1.54, 1.807) is 12.1 Å². The van der Waals surface area contributed by atoms with Crippen molar-refractivity contribution in [2.24, 2.45) is 0 Å². The molecule has 1 aromatic heterocycles. The Hall–Kier alpha value is -2.14. The number of carbonyl (C=O) groups excluding carboxylic acids is 1. The van der Waals surface area contributed by atoms with E-state index in [0.29, 0.717) is 11.0 Å². The fraction of sp³-hybridized carbons (Fsp3) is 0. The van der Waals surface area contributed by atoms with E-state index in [0.717, 1.165) is 5.56 Å². The number of carbonyl (C=O) groups is 1. The van der Waals surface area contributed by atoms with Crippen molar-refractivity contribution < 1.29 is 4.79 Å². The van der Waals surface area contributed by atoms with Crippen LogP contribution in [-0.2, 0) is 4.79 Å². The summed E-state index contributed by atoms with van der Waals surface area (Å²) < 4.78 is 0. The highest BCUT2D eigenvalue weighted by molar-refractivity contribution is 6.32. The van der Waals surface area contributed by atoms with Gasteiger partial charge in [-0.3, -0.25) is 10.1 Å². The third-order valence-electron chi connectivity index (χ3n) is 1.98. The number of benzene rings is 1. The van der Waals surface area contributed by atoms with Crippen molar-refractivity contribution in [3.8, 4) is 0 Å². The summed E-state index contributed by atoms with van der Waals surface area (Å²) in [6.07, 6.45) is 4.32. The monoisotopic (exact) mass is 248 g/mol. The van der Waals surface area contributed by atoms with Gasteiger partial charge in [0.15, 0.2) is 0 Å². The van der Waals surface area contributed by atoms with Crippen LogP contribution in [0.2, 0.25) is 5.02 Å². The molecule has 0 aliphatic carbocycles. The maximum atomic E-state index is 11.5. The van der Waals surface area contributed by atoms with Crippen LogP contribution >= 0.6 is 11.6 Å². The lowest BCUT2D eigenvalue weighted by Gasteiger charge is -1.97. The summed E-state index contributed by atoms with van der Waals surface area (Å²) in [4.78, 5) is 15.2. The van der Waals surface area contributed by atoms with Crippen LogP contribution in [0.4, 0.5) is 5.95 Å². The van der Waals surface area contributed by atoms with Gasteiger partial charge in [-0.25, -0.2) is 5.10 Å². The van der Waals surface area contributed by atoms with Crippen molar-refractivity contribution in [1.29, 1.82) is 0 Å². The zero-order chi connectivity index (χ0) is 12.1. The van der Waals surface area contributed by atoms with Crippen molar-refractivity contribution in [3.05, 3.63) is 47.3 Å². The molecule has 0 radical (unpaired) electrons. The van der Waals surface area contributed by atoms with Gasteiger partial charge in [-0.2, -0.15) is 10.1 Å². The molecule has 17 heavy (non-hydrogen) atoms. The molecule has 2 aromatic rings. The molecule has 2 N–H and O–H groups in total. The number of hydrogen-bond donors (Lipinski definition) is 2. The van der Waals surface area contributed by atoms with E-state index in [2.05, 4.69) is 20.5 Å². The zero-order valence-electron chi connectivity index (χ0n) is 8.72. The quantitative estimate of drug-likeness (QED) is 0.818. The summed E-state index contributed by atoms with van der Waals surface area (Å²) in [5.41, 5.74) is 0.780. The van der Waals surface area contributed by atoms with E-state index < -0.39 is 0 Å². The van der Waals surface area contributed by atoms with Crippen LogP contribution in [0.3, 0.4) is 0 Å². The van der Waals surface area contributed by atoms with Crippen LogP contribution in [0, 0.1) is 0 Å². The number of rotatable bonds is 3. The number of anilines is 1. The average Bonchev–Trinajstić information content (AvgIpc) is 2.81. The summed E-state index contributed by atoms with van der Waals surface area (Å²) >= 11 is 5.94. The van der Waals surface area contributed by atoms with Gasteiger partial charge in [0.05, 0.1) is 0 Å². The molecule has 2 rings (SSSR count).